The fourth-order valence-corrected chi connectivity index (χ4v) is 2.17. The molecule has 0 aliphatic rings. The van der Waals surface area contributed by atoms with Gasteiger partial charge in [-0.2, -0.15) is 0 Å². The van der Waals surface area contributed by atoms with Crippen molar-refractivity contribution < 1.29 is 4.79 Å². The molecule has 0 saturated heterocycles. The van der Waals surface area contributed by atoms with Crippen molar-refractivity contribution in [1.29, 1.82) is 0 Å². The minimum absolute atomic E-state index is 0.164. The molecule has 0 aliphatic heterocycles. The lowest BCUT2D eigenvalue weighted by Gasteiger charge is -2.12. The van der Waals surface area contributed by atoms with Crippen molar-refractivity contribution >= 4 is 11.6 Å². The van der Waals surface area contributed by atoms with Crippen LogP contribution in [0.1, 0.15) is 42.0 Å². The molecule has 6 heteroatoms. The fourth-order valence-electron chi connectivity index (χ4n) is 2.17. The van der Waals surface area contributed by atoms with Crippen LogP contribution in [0.25, 0.3) is 0 Å². The Morgan fingerprint density at radius 3 is 2.52 bits per heavy atom. The van der Waals surface area contributed by atoms with Gasteiger partial charge in [0.15, 0.2) is 0 Å². The maximum atomic E-state index is 12.6. The highest BCUT2D eigenvalue weighted by Gasteiger charge is 2.16. The number of nitrogens with one attached hydrogen (secondary N) is 1. The summed E-state index contributed by atoms with van der Waals surface area (Å²) in [6, 6.07) is 1.79. The topological polar surface area (TPSA) is 76.9 Å². The summed E-state index contributed by atoms with van der Waals surface area (Å²) in [4.78, 5) is 33.1. The molecule has 2 aromatic rings. The second-order valence-corrected chi connectivity index (χ2v) is 6.03. The summed E-state index contributed by atoms with van der Waals surface area (Å²) in [7, 11) is 0. The summed E-state index contributed by atoms with van der Waals surface area (Å²) in [5.74, 6) is 0.680. The molecule has 0 saturated carbocycles. The van der Waals surface area contributed by atoms with Crippen LogP contribution in [-0.4, -0.2) is 20.4 Å². The van der Waals surface area contributed by atoms with E-state index in [0.717, 1.165) is 6.42 Å². The zero-order chi connectivity index (χ0) is 17.0. The second kappa shape index (κ2) is 7.17. The zero-order valence-corrected chi connectivity index (χ0v) is 14.0. The Bertz CT molecular complexity index is 748. The Hall–Kier alpha value is -2.50. The fraction of sp³-hybridized carbons (Fsp3) is 0.412. The number of carbonyl (C=O) groups excluding carboxylic acids is 1. The smallest absolute Gasteiger partial charge is 0.263 e. The average molecular weight is 314 g/mol. The van der Waals surface area contributed by atoms with E-state index in [0.29, 0.717) is 29.5 Å². The molecular formula is C17H22N4O2. The van der Waals surface area contributed by atoms with Gasteiger partial charge in [-0.25, -0.2) is 9.97 Å². The number of anilines is 1. The minimum atomic E-state index is -0.432. The Morgan fingerprint density at radius 1 is 1.26 bits per heavy atom. The van der Waals surface area contributed by atoms with Gasteiger partial charge in [0.1, 0.15) is 11.4 Å². The normalized spacial score (nSPS) is 10.8. The van der Waals surface area contributed by atoms with E-state index in [1.807, 2.05) is 0 Å². The quantitative estimate of drug-likeness (QED) is 0.920. The Morgan fingerprint density at radius 2 is 1.91 bits per heavy atom. The van der Waals surface area contributed by atoms with Gasteiger partial charge in [0.2, 0.25) is 0 Å². The van der Waals surface area contributed by atoms with Crippen LogP contribution >= 0.6 is 0 Å². The van der Waals surface area contributed by atoms with Gasteiger partial charge < -0.3 is 9.88 Å². The van der Waals surface area contributed by atoms with E-state index in [2.05, 4.69) is 29.1 Å². The highest BCUT2D eigenvalue weighted by Crippen LogP contribution is 2.09. The van der Waals surface area contributed by atoms with Gasteiger partial charge in [-0.05, 0) is 37.8 Å². The van der Waals surface area contributed by atoms with Crippen molar-refractivity contribution in [2.24, 2.45) is 5.92 Å². The van der Waals surface area contributed by atoms with Crippen LogP contribution in [0, 0.1) is 19.8 Å². The van der Waals surface area contributed by atoms with E-state index in [9.17, 15) is 9.59 Å². The van der Waals surface area contributed by atoms with E-state index >= 15 is 0 Å². The number of nitrogens with zero attached hydrogens (tertiary/aromatic N) is 3. The summed E-state index contributed by atoms with van der Waals surface area (Å²) in [5.41, 5.74) is 1.02. The summed E-state index contributed by atoms with van der Waals surface area (Å²) >= 11 is 0. The molecule has 2 aromatic heterocycles. The highest BCUT2D eigenvalue weighted by atomic mass is 16.2. The average Bonchev–Trinajstić information content (AvgIpc) is 2.48. The molecule has 0 aliphatic carbocycles. The Balaban J connectivity index is 2.26. The van der Waals surface area contributed by atoms with Crippen molar-refractivity contribution in [1.82, 2.24) is 14.5 Å². The lowest BCUT2D eigenvalue weighted by molar-refractivity contribution is 0.102. The van der Waals surface area contributed by atoms with Crippen molar-refractivity contribution in [3.8, 4) is 0 Å². The number of rotatable bonds is 5. The van der Waals surface area contributed by atoms with Gasteiger partial charge in [0.05, 0.1) is 18.1 Å². The standard InChI is InChI=1S/C17H22N4O2/c1-11(2)5-7-21-8-6-12(3)15(17(21)23)16(22)20-14-9-18-13(4)19-10-14/h6,8-11H,5,7H2,1-4H3,(H,20,22). The van der Waals surface area contributed by atoms with Crippen molar-refractivity contribution in [2.75, 3.05) is 5.32 Å². The molecule has 0 fully saturated rings. The van der Waals surface area contributed by atoms with Crippen molar-refractivity contribution in [3.63, 3.8) is 0 Å². The number of amides is 1. The number of aromatic nitrogens is 3. The molecule has 122 valence electrons. The lowest BCUT2D eigenvalue weighted by atomic mass is 10.1. The number of pyridine rings is 1. The molecule has 0 radical (unpaired) electrons. The number of aryl methyl sites for hydroxylation is 3. The van der Waals surface area contributed by atoms with Gasteiger partial charge in [-0.3, -0.25) is 9.59 Å². The molecule has 0 aromatic carbocycles. The molecule has 23 heavy (non-hydrogen) atoms. The molecule has 0 bridgehead atoms. The van der Waals surface area contributed by atoms with Crippen molar-refractivity contribution in [2.45, 2.75) is 40.7 Å². The first-order valence-electron chi connectivity index (χ1n) is 7.68. The molecule has 0 spiro atoms. The third kappa shape index (κ3) is 4.25. The van der Waals surface area contributed by atoms with Gasteiger partial charge in [-0.15, -0.1) is 0 Å². The summed E-state index contributed by atoms with van der Waals surface area (Å²) in [6.45, 7) is 8.33. The zero-order valence-electron chi connectivity index (χ0n) is 14.0. The maximum absolute atomic E-state index is 12.6. The molecule has 1 amide bonds. The van der Waals surface area contributed by atoms with Gasteiger partial charge in [0.25, 0.3) is 11.5 Å². The molecule has 1 N–H and O–H groups in total. The molecular weight excluding hydrogens is 292 g/mol. The van der Waals surface area contributed by atoms with Gasteiger partial charge in [-0.1, -0.05) is 13.8 Å². The first-order valence-corrected chi connectivity index (χ1v) is 7.68. The van der Waals surface area contributed by atoms with E-state index in [1.165, 1.54) is 12.4 Å². The van der Waals surface area contributed by atoms with E-state index in [-0.39, 0.29) is 11.1 Å². The largest absolute Gasteiger partial charge is 0.319 e. The van der Waals surface area contributed by atoms with Crippen molar-refractivity contribution in [3.05, 3.63) is 52.0 Å². The summed E-state index contributed by atoms with van der Waals surface area (Å²) in [6.07, 6.45) is 5.67. The summed E-state index contributed by atoms with van der Waals surface area (Å²) in [5, 5.41) is 2.68. The van der Waals surface area contributed by atoms with Gasteiger partial charge in [0, 0.05) is 12.7 Å². The molecule has 2 rings (SSSR count). The lowest BCUT2D eigenvalue weighted by Crippen LogP contribution is -2.30. The van der Waals surface area contributed by atoms with E-state index in [4.69, 9.17) is 0 Å². The third-order valence-electron chi connectivity index (χ3n) is 3.59. The molecule has 0 unspecified atom stereocenters. The second-order valence-electron chi connectivity index (χ2n) is 6.03. The summed E-state index contributed by atoms with van der Waals surface area (Å²) < 4.78 is 1.59. The number of carbonyl (C=O) groups is 1. The van der Waals surface area contributed by atoms with Crippen LogP contribution in [0.4, 0.5) is 5.69 Å². The Kier molecular flexibility index (Phi) is 5.26. The van der Waals surface area contributed by atoms with Crippen LogP contribution in [0.3, 0.4) is 0 Å². The number of hydrogen-bond acceptors (Lipinski definition) is 4. The monoisotopic (exact) mass is 314 g/mol. The first-order chi connectivity index (χ1) is 10.9. The predicted molar refractivity (Wildman–Crippen MR) is 89.6 cm³/mol. The first kappa shape index (κ1) is 16.9. The molecule has 0 atom stereocenters. The van der Waals surface area contributed by atoms with Gasteiger partial charge >= 0.3 is 0 Å². The van der Waals surface area contributed by atoms with Crippen LogP contribution in [0.15, 0.2) is 29.5 Å². The minimum Gasteiger partial charge on any atom is -0.319 e. The van der Waals surface area contributed by atoms with Crippen LogP contribution < -0.4 is 10.9 Å². The van der Waals surface area contributed by atoms with Crippen LogP contribution in [0.2, 0.25) is 0 Å². The number of hydrogen-bond donors (Lipinski definition) is 1. The Labute approximate surface area is 135 Å². The van der Waals surface area contributed by atoms with Crippen LogP contribution in [-0.2, 0) is 6.54 Å². The van der Waals surface area contributed by atoms with E-state index < -0.39 is 5.91 Å². The maximum Gasteiger partial charge on any atom is 0.263 e. The van der Waals surface area contributed by atoms with Crippen LogP contribution in [0.5, 0.6) is 0 Å². The molecule has 2 heterocycles. The highest BCUT2D eigenvalue weighted by molar-refractivity contribution is 6.04. The predicted octanol–water partition coefficient (Wildman–Crippen LogP) is 2.55. The van der Waals surface area contributed by atoms with E-state index in [1.54, 1.807) is 30.7 Å². The molecule has 6 nitrogen and oxygen atoms in total. The SMILES string of the molecule is Cc1ncc(NC(=O)c2c(C)ccn(CCC(C)C)c2=O)cn1. The third-order valence-corrected chi connectivity index (χ3v) is 3.59.